The molecule has 0 radical (unpaired) electrons. The first-order chi connectivity index (χ1) is 12.5. The monoisotopic (exact) mass is 351 g/mol. The van der Waals surface area contributed by atoms with Crippen LogP contribution >= 0.6 is 0 Å². The number of amides is 1. The first-order valence-electron chi connectivity index (χ1n) is 7.98. The third-order valence-electron chi connectivity index (χ3n) is 4.01. The molecule has 8 nitrogen and oxygen atoms in total. The molecule has 0 bridgehead atoms. The molecule has 1 aromatic heterocycles. The van der Waals surface area contributed by atoms with Crippen LogP contribution in [0.2, 0.25) is 0 Å². The minimum absolute atomic E-state index is 0.0785. The maximum Gasteiger partial charge on any atom is 0.273 e. The van der Waals surface area contributed by atoms with Gasteiger partial charge in [0.15, 0.2) is 0 Å². The topological polar surface area (TPSA) is 103 Å². The molecule has 26 heavy (non-hydrogen) atoms. The maximum atomic E-state index is 12.7. The van der Waals surface area contributed by atoms with Crippen molar-refractivity contribution in [1.82, 2.24) is 20.1 Å². The molecule has 0 spiro atoms. The molecule has 0 saturated heterocycles. The molecule has 132 valence electrons. The highest BCUT2D eigenvalue weighted by atomic mass is 16.6. The second kappa shape index (κ2) is 7.56. The molecule has 0 unspecified atom stereocenters. The van der Waals surface area contributed by atoms with E-state index in [0.717, 1.165) is 5.56 Å². The van der Waals surface area contributed by atoms with E-state index in [2.05, 4.69) is 15.4 Å². The zero-order valence-corrected chi connectivity index (χ0v) is 14.1. The summed E-state index contributed by atoms with van der Waals surface area (Å²) in [5.74, 6) is -0.387. The van der Waals surface area contributed by atoms with Crippen molar-refractivity contribution in [3.05, 3.63) is 88.0 Å². The molecule has 1 amide bonds. The highest BCUT2D eigenvalue weighted by molar-refractivity contribution is 5.95. The molecule has 3 rings (SSSR count). The second-order valence-corrected chi connectivity index (χ2v) is 5.81. The van der Waals surface area contributed by atoms with Crippen molar-refractivity contribution in [2.24, 2.45) is 0 Å². The SMILES string of the molecule is Cc1ccc(C(=O)N[C@@H](Cn2cncn2)c2ccccc2)cc1[N+](=O)[O-]. The Morgan fingerprint density at radius 2 is 2.04 bits per heavy atom. The number of nitrogens with zero attached hydrogens (tertiary/aromatic N) is 4. The highest BCUT2D eigenvalue weighted by Gasteiger charge is 2.19. The van der Waals surface area contributed by atoms with Crippen LogP contribution in [0.5, 0.6) is 0 Å². The lowest BCUT2D eigenvalue weighted by Crippen LogP contribution is -2.31. The zero-order chi connectivity index (χ0) is 18.5. The van der Waals surface area contributed by atoms with Gasteiger partial charge in [0.1, 0.15) is 12.7 Å². The lowest BCUT2D eigenvalue weighted by molar-refractivity contribution is -0.385. The Labute approximate surface area is 149 Å². The Balaban J connectivity index is 1.85. The van der Waals surface area contributed by atoms with Crippen molar-refractivity contribution in [3.63, 3.8) is 0 Å². The number of rotatable bonds is 6. The summed E-state index contributed by atoms with van der Waals surface area (Å²) in [5.41, 5.74) is 1.57. The smallest absolute Gasteiger partial charge is 0.273 e. The summed E-state index contributed by atoms with van der Waals surface area (Å²) >= 11 is 0. The van der Waals surface area contributed by atoms with Gasteiger partial charge in [0.25, 0.3) is 11.6 Å². The van der Waals surface area contributed by atoms with Gasteiger partial charge >= 0.3 is 0 Å². The average Bonchev–Trinajstić information content (AvgIpc) is 3.15. The minimum Gasteiger partial charge on any atom is -0.343 e. The van der Waals surface area contributed by atoms with Crippen LogP contribution < -0.4 is 5.32 Å². The van der Waals surface area contributed by atoms with Crippen molar-refractivity contribution in [3.8, 4) is 0 Å². The number of nitrogens with one attached hydrogen (secondary N) is 1. The van der Waals surface area contributed by atoms with E-state index in [9.17, 15) is 14.9 Å². The molecule has 0 saturated carbocycles. The van der Waals surface area contributed by atoms with E-state index in [1.165, 1.54) is 12.4 Å². The van der Waals surface area contributed by atoms with E-state index >= 15 is 0 Å². The summed E-state index contributed by atoms with van der Waals surface area (Å²) < 4.78 is 1.62. The summed E-state index contributed by atoms with van der Waals surface area (Å²) in [7, 11) is 0. The van der Waals surface area contributed by atoms with Crippen LogP contribution in [-0.2, 0) is 6.54 Å². The van der Waals surface area contributed by atoms with Gasteiger partial charge in [-0.05, 0) is 18.6 Å². The van der Waals surface area contributed by atoms with E-state index in [4.69, 9.17) is 0 Å². The number of aromatic nitrogens is 3. The predicted octanol–water partition coefficient (Wildman–Crippen LogP) is 2.67. The molecule has 0 aliphatic carbocycles. The van der Waals surface area contributed by atoms with Crippen LogP contribution in [0, 0.1) is 17.0 Å². The molecule has 1 heterocycles. The van der Waals surface area contributed by atoms with Gasteiger partial charge in [-0.2, -0.15) is 5.10 Å². The first kappa shape index (κ1) is 17.3. The lowest BCUT2D eigenvalue weighted by Gasteiger charge is -2.19. The number of carbonyl (C=O) groups excluding carboxylic acids is 1. The van der Waals surface area contributed by atoms with Gasteiger partial charge in [0.05, 0.1) is 17.5 Å². The Kier molecular flexibility index (Phi) is 5.02. The van der Waals surface area contributed by atoms with Crippen LogP contribution in [0.1, 0.15) is 27.5 Å². The maximum absolute atomic E-state index is 12.7. The van der Waals surface area contributed by atoms with Gasteiger partial charge in [-0.1, -0.05) is 36.4 Å². The van der Waals surface area contributed by atoms with Crippen LogP contribution in [-0.4, -0.2) is 25.6 Å². The molecule has 0 fully saturated rings. The summed E-state index contributed by atoms with van der Waals surface area (Å²) in [4.78, 5) is 27.2. The molecule has 0 aliphatic rings. The molecule has 1 N–H and O–H groups in total. The van der Waals surface area contributed by atoms with E-state index < -0.39 is 4.92 Å². The predicted molar refractivity (Wildman–Crippen MR) is 94.5 cm³/mol. The fraction of sp³-hybridized carbons (Fsp3) is 0.167. The standard InChI is InChI=1S/C18H17N5O3/c1-13-7-8-15(9-17(13)23(25)26)18(24)21-16(10-22-12-19-11-20-22)14-5-3-2-4-6-14/h2-9,11-12,16H,10H2,1H3,(H,21,24)/t16-/m0/s1. The Bertz CT molecular complexity index is 910. The van der Waals surface area contributed by atoms with Gasteiger partial charge in [0, 0.05) is 17.2 Å². The molecule has 8 heteroatoms. The number of benzene rings is 2. The van der Waals surface area contributed by atoms with E-state index in [1.807, 2.05) is 30.3 Å². The second-order valence-electron chi connectivity index (χ2n) is 5.81. The Hall–Kier alpha value is -3.55. The Morgan fingerprint density at radius 1 is 1.27 bits per heavy atom. The van der Waals surface area contributed by atoms with Crippen molar-refractivity contribution >= 4 is 11.6 Å². The number of nitro groups is 1. The molecule has 2 aromatic carbocycles. The zero-order valence-electron chi connectivity index (χ0n) is 14.1. The summed E-state index contributed by atoms with van der Waals surface area (Å²) in [5, 5.41) is 18.1. The quantitative estimate of drug-likeness (QED) is 0.543. The van der Waals surface area contributed by atoms with Crippen LogP contribution in [0.25, 0.3) is 0 Å². The number of hydrogen-bond donors (Lipinski definition) is 1. The molecular weight excluding hydrogens is 334 g/mol. The Morgan fingerprint density at radius 3 is 2.69 bits per heavy atom. The molecular formula is C18H17N5O3. The molecule has 1 atom stereocenters. The summed E-state index contributed by atoms with van der Waals surface area (Å²) in [6.45, 7) is 2.03. The first-order valence-corrected chi connectivity index (χ1v) is 7.98. The van der Waals surface area contributed by atoms with Crippen molar-refractivity contribution in [2.75, 3.05) is 0 Å². The van der Waals surface area contributed by atoms with Gasteiger partial charge < -0.3 is 5.32 Å². The minimum atomic E-state index is -0.490. The molecule has 0 aliphatic heterocycles. The third kappa shape index (κ3) is 3.92. The fourth-order valence-corrected chi connectivity index (χ4v) is 2.62. The number of nitro benzene ring substituents is 1. The number of aryl methyl sites for hydroxylation is 1. The van der Waals surface area contributed by atoms with E-state index in [-0.39, 0.29) is 23.2 Å². The highest BCUT2D eigenvalue weighted by Crippen LogP contribution is 2.21. The largest absolute Gasteiger partial charge is 0.343 e. The third-order valence-corrected chi connectivity index (χ3v) is 4.01. The molecule has 3 aromatic rings. The van der Waals surface area contributed by atoms with Gasteiger partial charge in [-0.15, -0.1) is 0 Å². The van der Waals surface area contributed by atoms with Crippen LogP contribution in [0.15, 0.2) is 61.2 Å². The van der Waals surface area contributed by atoms with E-state index in [1.54, 1.807) is 30.1 Å². The number of carbonyl (C=O) groups is 1. The van der Waals surface area contributed by atoms with Crippen molar-refractivity contribution in [2.45, 2.75) is 19.5 Å². The summed E-state index contributed by atoms with van der Waals surface area (Å²) in [6, 6.07) is 13.5. The van der Waals surface area contributed by atoms with Crippen molar-refractivity contribution < 1.29 is 9.72 Å². The van der Waals surface area contributed by atoms with Crippen LogP contribution in [0.3, 0.4) is 0 Å². The van der Waals surface area contributed by atoms with Gasteiger partial charge in [-0.25, -0.2) is 4.98 Å². The van der Waals surface area contributed by atoms with Crippen molar-refractivity contribution in [1.29, 1.82) is 0 Å². The number of hydrogen-bond acceptors (Lipinski definition) is 5. The van der Waals surface area contributed by atoms with Gasteiger partial charge in [-0.3, -0.25) is 19.6 Å². The summed E-state index contributed by atoms with van der Waals surface area (Å²) in [6.07, 6.45) is 2.99. The van der Waals surface area contributed by atoms with Crippen LogP contribution in [0.4, 0.5) is 5.69 Å². The normalized spacial score (nSPS) is 11.7. The lowest BCUT2D eigenvalue weighted by atomic mass is 10.1. The average molecular weight is 351 g/mol. The fourth-order valence-electron chi connectivity index (χ4n) is 2.62. The van der Waals surface area contributed by atoms with E-state index in [0.29, 0.717) is 12.1 Å². The van der Waals surface area contributed by atoms with Gasteiger partial charge in [0.2, 0.25) is 0 Å².